The lowest BCUT2D eigenvalue weighted by Gasteiger charge is -2.36. The summed E-state index contributed by atoms with van der Waals surface area (Å²) in [6, 6.07) is 0.820. The van der Waals surface area contributed by atoms with E-state index in [0.717, 1.165) is 6.42 Å². The highest BCUT2D eigenvalue weighted by atomic mass is 35.5. The Hall–Kier alpha value is -1.62. The SMILES string of the molecule is Cc1cc(Cl)c(C(=O)N2CCC(C)CC2C(=O)O)cn1. The maximum Gasteiger partial charge on any atom is 0.326 e. The number of aliphatic carboxylic acids is 1. The quantitative estimate of drug-likeness (QED) is 0.909. The number of carboxylic acid groups (broad SMARTS) is 1. The Morgan fingerprint density at radius 1 is 1.50 bits per heavy atom. The Morgan fingerprint density at radius 2 is 2.20 bits per heavy atom. The third kappa shape index (κ3) is 2.93. The summed E-state index contributed by atoms with van der Waals surface area (Å²) in [6.07, 6.45) is 2.68. The summed E-state index contributed by atoms with van der Waals surface area (Å²) in [6.45, 7) is 4.21. The van der Waals surface area contributed by atoms with Crippen molar-refractivity contribution in [3.05, 3.63) is 28.5 Å². The van der Waals surface area contributed by atoms with Gasteiger partial charge in [-0.1, -0.05) is 18.5 Å². The first-order chi connectivity index (χ1) is 9.40. The molecule has 1 aliphatic rings. The smallest absolute Gasteiger partial charge is 0.326 e. The predicted molar refractivity (Wildman–Crippen MR) is 74.8 cm³/mol. The van der Waals surface area contributed by atoms with E-state index in [9.17, 15) is 14.7 Å². The van der Waals surface area contributed by atoms with Gasteiger partial charge >= 0.3 is 5.97 Å². The van der Waals surface area contributed by atoms with E-state index in [1.807, 2.05) is 6.92 Å². The van der Waals surface area contributed by atoms with Crippen LogP contribution in [0.4, 0.5) is 0 Å². The van der Waals surface area contributed by atoms with Crippen molar-refractivity contribution < 1.29 is 14.7 Å². The van der Waals surface area contributed by atoms with E-state index in [-0.39, 0.29) is 11.5 Å². The fourth-order valence-electron chi connectivity index (χ4n) is 2.46. The molecule has 108 valence electrons. The highest BCUT2D eigenvalue weighted by molar-refractivity contribution is 6.33. The number of aryl methyl sites for hydroxylation is 1. The molecule has 20 heavy (non-hydrogen) atoms. The molecule has 1 fully saturated rings. The summed E-state index contributed by atoms with van der Waals surface area (Å²) in [5.74, 6) is -1.03. The second kappa shape index (κ2) is 5.79. The van der Waals surface area contributed by atoms with Gasteiger partial charge in [-0.15, -0.1) is 0 Å². The first-order valence-electron chi connectivity index (χ1n) is 6.56. The molecule has 2 unspecified atom stereocenters. The number of aromatic nitrogens is 1. The molecule has 1 aromatic rings. The molecular formula is C14H17ClN2O3. The molecule has 0 radical (unpaired) electrons. The number of pyridine rings is 1. The number of halogens is 1. The number of carbonyl (C=O) groups is 2. The summed E-state index contributed by atoms with van der Waals surface area (Å²) in [5, 5.41) is 9.60. The molecule has 0 saturated carbocycles. The van der Waals surface area contributed by atoms with Crippen LogP contribution >= 0.6 is 11.6 Å². The van der Waals surface area contributed by atoms with Crippen LogP contribution in [0.5, 0.6) is 0 Å². The topological polar surface area (TPSA) is 70.5 Å². The number of piperidine rings is 1. The highest BCUT2D eigenvalue weighted by Crippen LogP contribution is 2.26. The van der Waals surface area contributed by atoms with E-state index in [1.165, 1.54) is 11.1 Å². The van der Waals surface area contributed by atoms with Crippen LogP contribution in [0.15, 0.2) is 12.3 Å². The number of nitrogens with zero attached hydrogens (tertiary/aromatic N) is 2. The Bertz CT molecular complexity index is 547. The minimum Gasteiger partial charge on any atom is -0.480 e. The first-order valence-corrected chi connectivity index (χ1v) is 6.94. The van der Waals surface area contributed by atoms with Crippen molar-refractivity contribution >= 4 is 23.5 Å². The molecule has 2 rings (SSSR count). The van der Waals surface area contributed by atoms with Gasteiger partial charge in [0.05, 0.1) is 10.6 Å². The van der Waals surface area contributed by atoms with Crippen LogP contribution in [0.25, 0.3) is 0 Å². The van der Waals surface area contributed by atoms with Crippen molar-refractivity contribution in [1.29, 1.82) is 0 Å². The number of hydrogen-bond donors (Lipinski definition) is 1. The molecular weight excluding hydrogens is 280 g/mol. The van der Waals surface area contributed by atoms with Crippen molar-refractivity contribution in [2.45, 2.75) is 32.7 Å². The van der Waals surface area contributed by atoms with Crippen molar-refractivity contribution in [3.63, 3.8) is 0 Å². The molecule has 1 N–H and O–H groups in total. The molecule has 0 bridgehead atoms. The molecule has 5 nitrogen and oxygen atoms in total. The molecule has 2 atom stereocenters. The van der Waals surface area contributed by atoms with Gasteiger partial charge < -0.3 is 10.0 Å². The van der Waals surface area contributed by atoms with Gasteiger partial charge in [0.1, 0.15) is 6.04 Å². The normalized spacial score (nSPS) is 22.6. The zero-order valence-corrected chi connectivity index (χ0v) is 12.2. The average molecular weight is 297 g/mol. The molecule has 1 aromatic heterocycles. The summed E-state index contributed by atoms with van der Waals surface area (Å²) >= 11 is 6.06. The van der Waals surface area contributed by atoms with Crippen LogP contribution in [-0.4, -0.2) is 39.5 Å². The van der Waals surface area contributed by atoms with Gasteiger partial charge in [0, 0.05) is 18.4 Å². The van der Waals surface area contributed by atoms with Crippen molar-refractivity contribution in [2.24, 2.45) is 5.92 Å². The van der Waals surface area contributed by atoms with Crippen LogP contribution in [0.3, 0.4) is 0 Å². The van der Waals surface area contributed by atoms with Gasteiger partial charge in [-0.3, -0.25) is 9.78 Å². The molecule has 1 saturated heterocycles. The van der Waals surface area contributed by atoms with Crippen molar-refractivity contribution in [1.82, 2.24) is 9.88 Å². The molecule has 6 heteroatoms. The number of hydrogen-bond acceptors (Lipinski definition) is 3. The summed E-state index contributed by atoms with van der Waals surface area (Å²) in [7, 11) is 0. The van der Waals surface area contributed by atoms with Gasteiger partial charge in [0.25, 0.3) is 5.91 Å². The fraction of sp³-hybridized carbons (Fsp3) is 0.500. The monoisotopic (exact) mass is 296 g/mol. The van der Waals surface area contributed by atoms with Crippen LogP contribution in [0.1, 0.15) is 35.8 Å². The lowest BCUT2D eigenvalue weighted by atomic mass is 9.92. The fourth-order valence-corrected chi connectivity index (χ4v) is 2.74. The Balaban J connectivity index is 2.28. The van der Waals surface area contributed by atoms with Gasteiger partial charge in [0.2, 0.25) is 0 Å². The predicted octanol–water partition coefficient (Wildman–Crippen LogP) is 2.37. The number of rotatable bonds is 2. The second-order valence-corrected chi connectivity index (χ2v) is 5.69. The van der Waals surface area contributed by atoms with Gasteiger partial charge in [-0.05, 0) is 31.7 Å². The zero-order chi connectivity index (χ0) is 14.9. The number of likely N-dealkylation sites (tertiary alicyclic amines) is 1. The summed E-state index contributed by atoms with van der Waals surface area (Å²) in [4.78, 5) is 29.3. The standard InChI is InChI=1S/C14H17ClN2O3/c1-8-3-4-17(12(5-8)14(19)20)13(18)10-7-16-9(2)6-11(10)15/h6-8,12H,3-5H2,1-2H3,(H,19,20). The zero-order valence-electron chi connectivity index (χ0n) is 11.5. The van der Waals surface area contributed by atoms with Gasteiger partial charge in [-0.2, -0.15) is 0 Å². The van der Waals surface area contributed by atoms with E-state index in [2.05, 4.69) is 4.98 Å². The van der Waals surface area contributed by atoms with Gasteiger partial charge in [-0.25, -0.2) is 4.79 Å². The molecule has 0 spiro atoms. The second-order valence-electron chi connectivity index (χ2n) is 5.29. The molecule has 0 aliphatic carbocycles. The first kappa shape index (κ1) is 14.8. The van der Waals surface area contributed by atoms with E-state index in [4.69, 9.17) is 11.6 Å². The molecule has 1 aliphatic heterocycles. The highest BCUT2D eigenvalue weighted by Gasteiger charge is 2.35. The third-order valence-corrected chi connectivity index (χ3v) is 3.94. The molecule has 0 aromatic carbocycles. The lowest BCUT2D eigenvalue weighted by molar-refractivity contribution is -0.144. The van der Waals surface area contributed by atoms with Crippen LogP contribution in [0.2, 0.25) is 5.02 Å². The number of amides is 1. The molecule has 1 amide bonds. The van der Waals surface area contributed by atoms with E-state index in [0.29, 0.717) is 29.6 Å². The number of carboxylic acids is 1. The minimum atomic E-state index is -0.971. The largest absolute Gasteiger partial charge is 0.480 e. The van der Waals surface area contributed by atoms with Crippen LogP contribution in [0, 0.1) is 12.8 Å². The Labute approximate surface area is 122 Å². The Kier molecular flexibility index (Phi) is 4.28. The summed E-state index contributed by atoms with van der Waals surface area (Å²) in [5.41, 5.74) is 0.978. The van der Waals surface area contributed by atoms with Crippen LogP contribution < -0.4 is 0 Å². The maximum absolute atomic E-state index is 12.5. The van der Waals surface area contributed by atoms with E-state index in [1.54, 1.807) is 13.0 Å². The van der Waals surface area contributed by atoms with Crippen molar-refractivity contribution in [3.8, 4) is 0 Å². The van der Waals surface area contributed by atoms with Gasteiger partial charge in [0.15, 0.2) is 0 Å². The third-order valence-electron chi connectivity index (χ3n) is 3.63. The Morgan fingerprint density at radius 3 is 2.80 bits per heavy atom. The minimum absolute atomic E-state index is 0.262. The van der Waals surface area contributed by atoms with E-state index < -0.39 is 12.0 Å². The van der Waals surface area contributed by atoms with Crippen LogP contribution in [-0.2, 0) is 4.79 Å². The van der Waals surface area contributed by atoms with Crippen molar-refractivity contribution in [2.75, 3.05) is 6.54 Å². The van der Waals surface area contributed by atoms with E-state index >= 15 is 0 Å². The average Bonchev–Trinajstić information content (AvgIpc) is 2.37. The maximum atomic E-state index is 12.5. The number of carbonyl (C=O) groups excluding carboxylic acids is 1. The molecule has 2 heterocycles. The summed E-state index contributed by atoms with van der Waals surface area (Å²) < 4.78 is 0. The lowest BCUT2D eigenvalue weighted by Crippen LogP contribution is -2.49.